The van der Waals surface area contributed by atoms with E-state index < -0.39 is 29.2 Å². The summed E-state index contributed by atoms with van der Waals surface area (Å²) >= 11 is 0. The molecule has 2 aromatic rings. The zero-order valence-electron chi connectivity index (χ0n) is 11.1. The first-order valence-corrected chi connectivity index (χ1v) is 6.66. The Kier molecular flexibility index (Phi) is 3.01. The molecule has 0 amide bonds. The number of benzene rings is 2. The molecule has 2 N–H and O–H groups in total. The molecular weight excluding hydrogens is 268 g/mol. The number of aliphatic carboxylic acids is 2. The molecule has 0 aliphatic heterocycles. The number of carboxylic acids is 2. The highest BCUT2D eigenvalue weighted by atomic mass is 16.4. The van der Waals surface area contributed by atoms with Crippen molar-refractivity contribution in [3.05, 3.63) is 71.8 Å². The van der Waals surface area contributed by atoms with Crippen molar-refractivity contribution >= 4 is 11.9 Å². The predicted molar refractivity (Wildman–Crippen MR) is 75.9 cm³/mol. The van der Waals surface area contributed by atoms with Crippen molar-refractivity contribution in [2.45, 2.75) is 5.41 Å². The van der Waals surface area contributed by atoms with Gasteiger partial charge in [0, 0.05) is 5.41 Å². The Morgan fingerprint density at radius 1 is 0.714 bits per heavy atom. The summed E-state index contributed by atoms with van der Waals surface area (Å²) in [6, 6.07) is 18.1. The SMILES string of the molecule is O=C(O)[C@H]1[C@H](C(=O)O)C1(c1ccccc1)c1ccccc1. The Morgan fingerprint density at radius 2 is 1.05 bits per heavy atom. The number of hydrogen-bond donors (Lipinski definition) is 2. The first-order chi connectivity index (χ1) is 10.1. The molecule has 0 spiro atoms. The number of carboxylic acid groups (broad SMARTS) is 2. The minimum Gasteiger partial charge on any atom is -0.481 e. The van der Waals surface area contributed by atoms with Crippen molar-refractivity contribution in [2.24, 2.45) is 11.8 Å². The van der Waals surface area contributed by atoms with Gasteiger partial charge in [0.2, 0.25) is 0 Å². The summed E-state index contributed by atoms with van der Waals surface area (Å²) in [7, 11) is 0. The molecule has 0 saturated heterocycles. The summed E-state index contributed by atoms with van der Waals surface area (Å²) in [6.07, 6.45) is 0. The molecule has 4 nitrogen and oxygen atoms in total. The molecule has 106 valence electrons. The first-order valence-electron chi connectivity index (χ1n) is 6.66. The second-order valence-corrected chi connectivity index (χ2v) is 5.23. The van der Waals surface area contributed by atoms with Crippen molar-refractivity contribution in [2.75, 3.05) is 0 Å². The standard InChI is InChI=1S/C17H14O4/c18-15(19)13-14(16(20)21)17(13,11-7-3-1-4-8-11)12-9-5-2-6-10-12/h1-10,13-14H,(H,18,19)(H,20,21)/t13-,14-/m1/s1. The third-order valence-electron chi connectivity index (χ3n) is 4.24. The Hall–Kier alpha value is -2.62. The fourth-order valence-corrected chi connectivity index (χ4v) is 3.38. The van der Waals surface area contributed by atoms with Crippen LogP contribution in [0.1, 0.15) is 11.1 Å². The zero-order chi connectivity index (χ0) is 15.0. The van der Waals surface area contributed by atoms with Crippen LogP contribution in [0.25, 0.3) is 0 Å². The minimum absolute atomic E-state index is 0.732. The van der Waals surface area contributed by atoms with Gasteiger partial charge in [-0.3, -0.25) is 9.59 Å². The summed E-state index contributed by atoms with van der Waals surface area (Å²) in [5.41, 5.74) is 0.479. The molecule has 1 aliphatic rings. The lowest BCUT2D eigenvalue weighted by Crippen LogP contribution is -2.18. The van der Waals surface area contributed by atoms with Crippen LogP contribution in [0.3, 0.4) is 0 Å². The monoisotopic (exact) mass is 282 g/mol. The van der Waals surface area contributed by atoms with E-state index in [0.717, 1.165) is 11.1 Å². The van der Waals surface area contributed by atoms with E-state index in [9.17, 15) is 19.8 Å². The highest BCUT2D eigenvalue weighted by Crippen LogP contribution is 2.64. The van der Waals surface area contributed by atoms with Crippen molar-refractivity contribution in [1.82, 2.24) is 0 Å². The van der Waals surface area contributed by atoms with E-state index in [1.54, 1.807) is 48.5 Å². The van der Waals surface area contributed by atoms with Crippen LogP contribution in [0, 0.1) is 11.8 Å². The normalized spacial score (nSPS) is 22.5. The molecule has 4 heteroatoms. The van der Waals surface area contributed by atoms with Crippen LogP contribution in [0.2, 0.25) is 0 Å². The first kappa shape index (κ1) is 13.4. The van der Waals surface area contributed by atoms with E-state index in [2.05, 4.69) is 0 Å². The van der Waals surface area contributed by atoms with Gasteiger partial charge < -0.3 is 10.2 Å². The quantitative estimate of drug-likeness (QED) is 0.903. The molecule has 3 rings (SSSR count). The van der Waals surface area contributed by atoms with E-state index in [1.807, 2.05) is 12.1 Å². The number of hydrogen-bond acceptors (Lipinski definition) is 2. The fourth-order valence-electron chi connectivity index (χ4n) is 3.38. The average molecular weight is 282 g/mol. The van der Waals surface area contributed by atoms with Crippen LogP contribution < -0.4 is 0 Å². The van der Waals surface area contributed by atoms with Gasteiger partial charge in [-0.2, -0.15) is 0 Å². The summed E-state index contributed by atoms with van der Waals surface area (Å²) in [5.74, 6) is -4.04. The van der Waals surface area contributed by atoms with Crippen LogP contribution in [0.15, 0.2) is 60.7 Å². The van der Waals surface area contributed by atoms with Crippen LogP contribution in [-0.4, -0.2) is 22.2 Å². The molecule has 0 heterocycles. The molecule has 0 aromatic heterocycles. The third-order valence-corrected chi connectivity index (χ3v) is 4.24. The van der Waals surface area contributed by atoms with Crippen LogP contribution in [-0.2, 0) is 15.0 Å². The van der Waals surface area contributed by atoms with E-state index in [4.69, 9.17) is 0 Å². The van der Waals surface area contributed by atoms with Crippen molar-refractivity contribution in [3.8, 4) is 0 Å². The summed E-state index contributed by atoms with van der Waals surface area (Å²) < 4.78 is 0. The molecule has 0 bridgehead atoms. The van der Waals surface area contributed by atoms with Crippen molar-refractivity contribution in [3.63, 3.8) is 0 Å². The Labute approximate surface area is 121 Å². The van der Waals surface area contributed by atoms with Crippen LogP contribution in [0.5, 0.6) is 0 Å². The average Bonchev–Trinajstić information content (AvgIpc) is 3.21. The maximum atomic E-state index is 11.6. The van der Waals surface area contributed by atoms with Crippen molar-refractivity contribution < 1.29 is 19.8 Å². The van der Waals surface area contributed by atoms with Crippen LogP contribution in [0.4, 0.5) is 0 Å². The Bertz CT molecular complexity index is 617. The number of rotatable bonds is 4. The molecule has 0 unspecified atom stereocenters. The van der Waals surface area contributed by atoms with Gasteiger partial charge in [-0.05, 0) is 11.1 Å². The van der Waals surface area contributed by atoms with Crippen LogP contribution >= 0.6 is 0 Å². The number of carbonyl (C=O) groups is 2. The zero-order valence-corrected chi connectivity index (χ0v) is 11.1. The van der Waals surface area contributed by atoms with Gasteiger partial charge in [0.1, 0.15) is 0 Å². The second-order valence-electron chi connectivity index (χ2n) is 5.23. The summed E-state index contributed by atoms with van der Waals surface area (Å²) in [5, 5.41) is 18.9. The molecule has 1 saturated carbocycles. The topological polar surface area (TPSA) is 74.6 Å². The lowest BCUT2D eigenvalue weighted by atomic mass is 9.84. The molecule has 1 aliphatic carbocycles. The van der Waals surface area contributed by atoms with Gasteiger partial charge in [0.15, 0.2) is 0 Å². The van der Waals surface area contributed by atoms with E-state index in [0.29, 0.717) is 0 Å². The van der Waals surface area contributed by atoms with E-state index in [1.165, 1.54) is 0 Å². The summed E-state index contributed by atoms with van der Waals surface area (Å²) in [6.45, 7) is 0. The van der Waals surface area contributed by atoms with Gasteiger partial charge >= 0.3 is 11.9 Å². The lowest BCUT2D eigenvalue weighted by molar-refractivity contribution is -0.144. The lowest BCUT2D eigenvalue weighted by Gasteiger charge is -2.18. The second kappa shape index (κ2) is 4.74. The maximum Gasteiger partial charge on any atom is 0.308 e. The largest absolute Gasteiger partial charge is 0.481 e. The highest BCUT2D eigenvalue weighted by Gasteiger charge is 2.73. The fraction of sp³-hybridized carbons (Fsp3) is 0.176. The Balaban J connectivity index is 2.23. The van der Waals surface area contributed by atoms with Gasteiger partial charge in [0.05, 0.1) is 11.8 Å². The van der Waals surface area contributed by atoms with Gasteiger partial charge in [0.25, 0.3) is 0 Å². The third kappa shape index (κ3) is 1.83. The molecule has 2 atom stereocenters. The van der Waals surface area contributed by atoms with E-state index in [-0.39, 0.29) is 0 Å². The molecule has 2 aromatic carbocycles. The van der Waals surface area contributed by atoms with Crippen molar-refractivity contribution in [1.29, 1.82) is 0 Å². The predicted octanol–water partition coefficient (Wildman–Crippen LogP) is 2.39. The maximum absolute atomic E-state index is 11.6. The smallest absolute Gasteiger partial charge is 0.308 e. The molecule has 0 radical (unpaired) electrons. The van der Waals surface area contributed by atoms with E-state index >= 15 is 0 Å². The Morgan fingerprint density at radius 3 is 1.33 bits per heavy atom. The van der Waals surface area contributed by atoms with Gasteiger partial charge in [-0.25, -0.2) is 0 Å². The minimum atomic E-state index is -1.07. The molecule has 21 heavy (non-hydrogen) atoms. The highest BCUT2D eigenvalue weighted by molar-refractivity contribution is 5.92. The molecule has 1 fully saturated rings. The summed E-state index contributed by atoms with van der Waals surface area (Å²) in [4.78, 5) is 23.2. The van der Waals surface area contributed by atoms with Gasteiger partial charge in [-0.15, -0.1) is 0 Å². The van der Waals surface area contributed by atoms with Gasteiger partial charge in [-0.1, -0.05) is 60.7 Å². The molecular formula is C17H14O4.